The van der Waals surface area contributed by atoms with Gasteiger partial charge in [0.1, 0.15) is 12.2 Å². The van der Waals surface area contributed by atoms with Crippen LogP contribution in [0.2, 0.25) is 0 Å². The number of carbonyl (C=O) groups is 1. The van der Waals surface area contributed by atoms with Gasteiger partial charge in [0.25, 0.3) is 5.56 Å². The molecular weight excluding hydrogens is 274 g/mol. The Hall–Kier alpha value is -2.83. The first-order valence-electron chi connectivity index (χ1n) is 6.23. The minimum absolute atomic E-state index is 0.102. The van der Waals surface area contributed by atoms with E-state index in [0.717, 1.165) is 10.1 Å². The van der Waals surface area contributed by atoms with Crippen LogP contribution in [0.4, 0.5) is 5.69 Å². The summed E-state index contributed by atoms with van der Waals surface area (Å²) in [5.41, 5.74) is 5.08. The SMILES string of the molecule is COC(=O)Cn1c(=O)c(N)cn(Cc2ccccc2)c1=O. The third-order valence-electron chi connectivity index (χ3n) is 2.97. The molecule has 2 aromatic rings. The molecule has 0 aliphatic rings. The Morgan fingerprint density at radius 3 is 2.52 bits per heavy atom. The number of esters is 1. The lowest BCUT2D eigenvalue weighted by atomic mass is 10.2. The average molecular weight is 289 g/mol. The normalized spacial score (nSPS) is 10.3. The number of rotatable bonds is 4. The fourth-order valence-electron chi connectivity index (χ4n) is 1.90. The summed E-state index contributed by atoms with van der Waals surface area (Å²) in [4.78, 5) is 35.4. The molecule has 0 saturated heterocycles. The largest absolute Gasteiger partial charge is 0.468 e. The van der Waals surface area contributed by atoms with Gasteiger partial charge in [-0.3, -0.25) is 14.2 Å². The Balaban J connectivity index is 2.46. The predicted molar refractivity (Wildman–Crippen MR) is 76.9 cm³/mol. The molecule has 0 unspecified atom stereocenters. The van der Waals surface area contributed by atoms with E-state index in [9.17, 15) is 14.4 Å². The number of nitrogen functional groups attached to an aromatic ring is 1. The topological polar surface area (TPSA) is 96.3 Å². The first-order valence-corrected chi connectivity index (χ1v) is 6.23. The van der Waals surface area contributed by atoms with Crippen LogP contribution in [0.3, 0.4) is 0 Å². The lowest BCUT2D eigenvalue weighted by Crippen LogP contribution is -2.42. The van der Waals surface area contributed by atoms with Crippen molar-refractivity contribution in [3.63, 3.8) is 0 Å². The molecule has 2 N–H and O–H groups in total. The van der Waals surface area contributed by atoms with E-state index in [2.05, 4.69) is 4.74 Å². The summed E-state index contributed by atoms with van der Waals surface area (Å²) in [7, 11) is 1.18. The number of carbonyl (C=O) groups excluding carboxylic acids is 1. The first kappa shape index (κ1) is 14.6. The maximum Gasteiger partial charge on any atom is 0.331 e. The Bertz CT molecular complexity index is 762. The maximum atomic E-state index is 12.3. The van der Waals surface area contributed by atoms with Gasteiger partial charge < -0.3 is 10.5 Å². The number of hydrogen-bond donors (Lipinski definition) is 1. The summed E-state index contributed by atoms with van der Waals surface area (Å²) in [6, 6.07) is 9.23. The van der Waals surface area contributed by atoms with E-state index in [1.807, 2.05) is 30.3 Å². The molecule has 0 spiro atoms. The van der Waals surface area contributed by atoms with E-state index in [1.165, 1.54) is 17.9 Å². The summed E-state index contributed by atoms with van der Waals surface area (Å²) in [5.74, 6) is -0.689. The van der Waals surface area contributed by atoms with Gasteiger partial charge >= 0.3 is 11.7 Å². The molecule has 0 bridgehead atoms. The van der Waals surface area contributed by atoms with Crippen molar-refractivity contribution >= 4 is 11.7 Å². The summed E-state index contributed by atoms with van der Waals surface area (Å²) in [5, 5.41) is 0. The van der Waals surface area contributed by atoms with Crippen molar-refractivity contribution in [1.82, 2.24) is 9.13 Å². The average Bonchev–Trinajstić information content (AvgIpc) is 2.50. The number of methoxy groups -OCH3 is 1. The highest BCUT2D eigenvalue weighted by molar-refractivity contribution is 5.69. The minimum Gasteiger partial charge on any atom is -0.468 e. The number of benzene rings is 1. The number of hydrogen-bond acceptors (Lipinski definition) is 5. The van der Waals surface area contributed by atoms with Gasteiger partial charge in [0.2, 0.25) is 0 Å². The predicted octanol–water partition coefficient (Wildman–Crippen LogP) is -0.186. The van der Waals surface area contributed by atoms with E-state index in [-0.39, 0.29) is 12.2 Å². The van der Waals surface area contributed by atoms with Gasteiger partial charge in [-0.1, -0.05) is 30.3 Å². The van der Waals surface area contributed by atoms with Gasteiger partial charge in [-0.25, -0.2) is 9.36 Å². The zero-order valence-electron chi connectivity index (χ0n) is 11.5. The van der Waals surface area contributed by atoms with E-state index in [0.29, 0.717) is 0 Å². The molecular formula is C14H15N3O4. The van der Waals surface area contributed by atoms with Gasteiger partial charge in [0, 0.05) is 6.20 Å². The zero-order chi connectivity index (χ0) is 15.4. The molecule has 0 atom stereocenters. The van der Waals surface area contributed by atoms with Crippen molar-refractivity contribution in [3.8, 4) is 0 Å². The standard InChI is InChI=1S/C14H15N3O4/c1-21-12(18)9-17-13(19)11(15)8-16(14(17)20)7-10-5-3-2-4-6-10/h2-6,8H,7,9,15H2,1H3. The van der Waals surface area contributed by atoms with E-state index in [1.54, 1.807) is 0 Å². The van der Waals surface area contributed by atoms with Crippen molar-refractivity contribution in [2.24, 2.45) is 0 Å². The molecule has 21 heavy (non-hydrogen) atoms. The van der Waals surface area contributed by atoms with Crippen molar-refractivity contribution in [2.75, 3.05) is 12.8 Å². The van der Waals surface area contributed by atoms with Crippen LogP contribution < -0.4 is 17.0 Å². The molecule has 0 radical (unpaired) electrons. The van der Waals surface area contributed by atoms with Crippen molar-refractivity contribution in [2.45, 2.75) is 13.1 Å². The third-order valence-corrected chi connectivity index (χ3v) is 2.97. The minimum atomic E-state index is -0.699. The highest BCUT2D eigenvalue weighted by Crippen LogP contribution is 2.01. The molecule has 1 heterocycles. The molecule has 0 saturated carbocycles. The van der Waals surface area contributed by atoms with Crippen LogP contribution in [0.5, 0.6) is 0 Å². The molecule has 0 aliphatic heterocycles. The summed E-state index contributed by atoms with van der Waals surface area (Å²) in [6.07, 6.45) is 1.28. The maximum absolute atomic E-state index is 12.3. The van der Waals surface area contributed by atoms with Crippen molar-refractivity contribution < 1.29 is 9.53 Å². The highest BCUT2D eigenvalue weighted by atomic mass is 16.5. The van der Waals surface area contributed by atoms with Crippen LogP contribution >= 0.6 is 0 Å². The number of aromatic nitrogens is 2. The van der Waals surface area contributed by atoms with Gasteiger partial charge in [0.05, 0.1) is 13.7 Å². The smallest absolute Gasteiger partial charge is 0.331 e. The lowest BCUT2D eigenvalue weighted by molar-refractivity contribution is -0.141. The number of anilines is 1. The van der Waals surface area contributed by atoms with Crippen molar-refractivity contribution in [1.29, 1.82) is 0 Å². The molecule has 2 rings (SSSR count). The Morgan fingerprint density at radius 2 is 1.90 bits per heavy atom. The van der Waals surface area contributed by atoms with Crippen LogP contribution in [0.25, 0.3) is 0 Å². The molecule has 0 amide bonds. The molecule has 1 aromatic heterocycles. The molecule has 7 nitrogen and oxygen atoms in total. The Morgan fingerprint density at radius 1 is 1.24 bits per heavy atom. The number of nitrogens with two attached hydrogens (primary N) is 1. The summed E-state index contributed by atoms with van der Waals surface area (Å²) < 4.78 is 6.53. The van der Waals surface area contributed by atoms with Crippen LogP contribution in [0, 0.1) is 0 Å². The van der Waals surface area contributed by atoms with E-state index < -0.39 is 23.8 Å². The highest BCUT2D eigenvalue weighted by Gasteiger charge is 2.13. The molecule has 0 aliphatic carbocycles. The van der Waals surface area contributed by atoms with Crippen molar-refractivity contribution in [3.05, 3.63) is 62.9 Å². The zero-order valence-corrected chi connectivity index (χ0v) is 11.5. The number of nitrogens with zero attached hydrogens (tertiary/aromatic N) is 2. The quantitative estimate of drug-likeness (QED) is 0.787. The van der Waals surface area contributed by atoms with Gasteiger partial charge in [-0.05, 0) is 5.56 Å². The van der Waals surface area contributed by atoms with Gasteiger partial charge in [0.15, 0.2) is 0 Å². The summed E-state index contributed by atoms with van der Waals surface area (Å²) in [6.45, 7) is -0.209. The lowest BCUT2D eigenvalue weighted by Gasteiger charge is -2.11. The van der Waals surface area contributed by atoms with Crippen LogP contribution in [-0.2, 0) is 22.6 Å². The second-order valence-electron chi connectivity index (χ2n) is 4.45. The second-order valence-corrected chi connectivity index (χ2v) is 4.45. The fraction of sp³-hybridized carbons (Fsp3) is 0.214. The molecule has 110 valence electrons. The molecule has 7 heteroatoms. The third kappa shape index (κ3) is 3.19. The summed E-state index contributed by atoms with van der Waals surface area (Å²) >= 11 is 0. The van der Waals surface area contributed by atoms with Gasteiger partial charge in [-0.15, -0.1) is 0 Å². The number of ether oxygens (including phenoxy) is 1. The Labute approximate surface area is 120 Å². The van der Waals surface area contributed by atoms with E-state index >= 15 is 0 Å². The van der Waals surface area contributed by atoms with Crippen LogP contribution in [-0.4, -0.2) is 22.2 Å². The monoisotopic (exact) mass is 289 g/mol. The van der Waals surface area contributed by atoms with E-state index in [4.69, 9.17) is 5.73 Å². The van der Waals surface area contributed by atoms with Crippen LogP contribution in [0.15, 0.2) is 46.1 Å². The van der Waals surface area contributed by atoms with Gasteiger partial charge in [-0.2, -0.15) is 0 Å². The fourth-order valence-corrected chi connectivity index (χ4v) is 1.90. The second kappa shape index (κ2) is 6.08. The Kier molecular flexibility index (Phi) is 4.22. The van der Waals surface area contributed by atoms with Crippen LogP contribution in [0.1, 0.15) is 5.56 Å². The molecule has 0 fully saturated rings. The molecule has 1 aromatic carbocycles. The first-order chi connectivity index (χ1) is 10.0.